The van der Waals surface area contributed by atoms with Crippen molar-refractivity contribution in [2.45, 2.75) is 39.7 Å². The predicted molar refractivity (Wildman–Crippen MR) is 66.2 cm³/mol. The Morgan fingerprint density at radius 2 is 1.87 bits per heavy atom. The molecular formula is C14H19N. The maximum Gasteiger partial charge on any atom is 0.0483 e. The van der Waals surface area contributed by atoms with Crippen molar-refractivity contribution in [3.8, 4) is 0 Å². The summed E-state index contributed by atoms with van der Waals surface area (Å²) < 4.78 is 2.39. The Morgan fingerprint density at radius 1 is 1.07 bits per heavy atom. The number of benzene rings is 1. The van der Waals surface area contributed by atoms with E-state index in [4.69, 9.17) is 0 Å². The highest BCUT2D eigenvalue weighted by Crippen LogP contribution is 2.22. The summed E-state index contributed by atoms with van der Waals surface area (Å²) in [6.45, 7) is 5.60. The molecule has 1 heterocycles. The van der Waals surface area contributed by atoms with Crippen LogP contribution >= 0.6 is 0 Å². The summed E-state index contributed by atoms with van der Waals surface area (Å²) in [6.07, 6.45) is 5.94. The van der Waals surface area contributed by atoms with Crippen molar-refractivity contribution >= 4 is 10.9 Å². The zero-order valence-electron chi connectivity index (χ0n) is 9.66. The number of hydrogen-bond acceptors (Lipinski definition) is 0. The van der Waals surface area contributed by atoms with Gasteiger partial charge in [0.2, 0.25) is 0 Å². The highest BCUT2D eigenvalue weighted by atomic mass is 14.9. The van der Waals surface area contributed by atoms with Gasteiger partial charge in [0.25, 0.3) is 0 Å². The van der Waals surface area contributed by atoms with E-state index in [1.165, 1.54) is 35.7 Å². The quantitative estimate of drug-likeness (QED) is 0.704. The van der Waals surface area contributed by atoms with E-state index in [-0.39, 0.29) is 0 Å². The number of hydrogen-bond donors (Lipinski definition) is 0. The molecule has 80 valence electrons. The van der Waals surface area contributed by atoms with Crippen LogP contribution in [0.1, 0.15) is 32.3 Å². The van der Waals surface area contributed by atoms with Gasteiger partial charge in [-0.2, -0.15) is 0 Å². The Hall–Kier alpha value is -1.24. The van der Waals surface area contributed by atoms with Gasteiger partial charge in [-0.3, -0.25) is 0 Å². The predicted octanol–water partition coefficient (Wildman–Crippen LogP) is 4.00. The molecule has 1 aromatic carbocycles. The average molecular weight is 201 g/mol. The molecule has 0 radical (unpaired) electrons. The molecule has 0 saturated carbocycles. The van der Waals surface area contributed by atoms with Gasteiger partial charge in [0.1, 0.15) is 0 Å². The molecule has 0 amide bonds. The molecule has 2 rings (SSSR count). The monoisotopic (exact) mass is 201 g/mol. The van der Waals surface area contributed by atoms with Crippen LogP contribution in [0.15, 0.2) is 30.5 Å². The number of aromatic nitrogens is 1. The molecule has 0 fully saturated rings. The van der Waals surface area contributed by atoms with Gasteiger partial charge in [-0.15, -0.1) is 0 Å². The molecule has 0 aliphatic heterocycles. The van der Waals surface area contributed by atoms with Crippen LogP contribution in [0.3, 0.4) is 0 Å². The molecule has 1 aromatic heterocycles. The molecule has 0 spiro atoms. The van der Waals surface area contributed by atoms with Gasteiger partial charge in [0, 0.05) is 23.6 Å². The fourth-order valence-electron chi connectivity index (χ4n) is 2.22. The standard InChI is InChI=1S/C14H19N/c1-3-7-12-11-15(10-4-2)14-9-6-5-8-13(12)14/h5-6,8-9,11H,3-4,7,10H2,1-2H3. The first kappa shape index (κ1) is 10.3. The summed E-state index contributed by atoms with van der Waals surface area (Å²) in [5.74, 6) is 0. The molecule has 0 saturated heterocycles. The third kappa shape index (κ3) is 1.92. The molecule has 0 aliphatic carbocycles. The summed E-state index contributed by atoms with van der Waals surface area (Å²) in [5.41, 5.74) is 2.89. The van der Waals surface area contributed by atoms with Crippen molar-refractivity contribution in [1.82, 2.24) is 4.57 Å². The fraction of sp³-hybridized carbons (Fsp3) is 0.429. The molecule has 0 bridgehead atoms. The Labute approximate surface area is 91.7 Å². The summed E-state index contributed by atoms with van der Waals surface area (Å²) in [5, 5.41) is 1.44. The van der Waals surface area contributed by atoms with Gasteiger partial charge in [-0.05, 0) is 24.5 Å². The Morgan fingerprint density at radius 3 is 2.60 bits per heavy atom. The molecule has 0 unspecified atom stereocenters. The largest absolute Gasteiger partial charge is 0.347 e. The smallest absolute Gasteiger partial charge is 0.0483 e. The zero-order chi connectivity index (χ0) is 10.7. The van der Waals surface area contributed by atoms with Crippen LogP contribution in [0, 0.1) is 0 Å². The second kappa shape index (κ2) is 4.52. The van der Waals surface area contributed by atoms with Gasteiger partial charge in [0.05, 0.1) is 0 Å². The van der Waals surface area contributed by atoms with Crippen LogP contribution in [-0.4, -0.2) is 4.57 Å². The second-order valence-electron chi connectivity index (χ2n) is 4.11. The van der Waals surface area contributed by atoms with E-state index < -0.39 is 0 Å². The molecule has 1 heteroatoms. The van der Waals surface area contributed by atoms with Crippen LogP contribution in [-0.2, 0) is 13.0 Å². The van der Waals surface area contributed by atoms with Gasteiger partial charge in [-0.1, -0.05) is 38.5 Å². The number of nitrogens with zero attached hydrogens (tertiary/aromatic N) is 1. The summed E-state index contributed by atoms with van der Waals surface area (Å²) in [6, 6.07) is 8.73. The van der Waals surface area contributed by atoms with E-state index in [0.717, 1.165) is 6.54 Å². The third-order valence-corrected chi connectivity index (χ3v) is 2.85. The van der Waals surface area contributed by atoms with Crippen LogP contribution in [0.4, 0.5) is 0 Å². The Kier molecular flexibility index (Phi) is 3.10. The molecule has 15 heavy (non-hydrogen) atoms. The van der Waals surface area contributed by atoms with Gasteiger partial charge >= 0.3 is 0 Å². The lowest BCUT2D eigenvalue weighted by molar-refractivity contribution is 0.700. The van der Waals surface area contributed by atoms with Crippen molar-refractivity contribution in [3.63, 3.8) is 0 Å². The molecule has 0 aliphatic rings. The van der Waals surface area contributed by atoms with Crippen molar-refractivity contribution < 1.29 is 0 Å². The Balaban J connectivity index is 2.52. The van der Waals surface area contributed by atoms with Gasteiger partial charge < -0.3 is 4.57 Å². The maximum absolute atomic E-state index is 2.39. The molecule has 0 atom stereocenters. The van der Waals surface area contributed by atoms with Crippen molar-refractivity contribution in [3.05, 3.63) is 36.0 Å². The van der Waals surface area contributed by atoms with Crippen molar-refractivity contribution in [1.29, 1.82) is 0 Å². The van der Waals surface area contributed by atoms with Crippen LogP contribution in [0.5, 0.6) is 0 Å². The Bertz CT molecular complexity index is 400. The highest BCUT2D eigenvalue weighted by Gasteiger charge is 2.05. The molecule has 2 aromatic rings. The number of para-hydroxylation sites is 1. The molecular weight excluding hydrogens is 182 g/mol. The topological polar surface area (TPSA) is 4.93 Å². The molecule has 1 nitrogen and oxygen atoms in total. The maximum atomic E-state index is 2.39. The normalized spacial score (nSPS) is 11.1. The average Bonchev–Trinajstić information content (AvgIpc) is 2.59. The van der Waals surface area contributed by atoms with E-state index in [0.29, 0.717) is 0 Å². The third-order valence-electron chi connectivity index (χ3n) is 2.85. The minimum absolute atomic E-state index is 1.13. The number of rotatable bonds is 4. The minimum atomic E-state index is 1.13. The zero-order valence-corrected chi connectivity index (χ0v) is 9.66. The van der Waals surface area contributed by atoms with Gasteiger partial charge in [-0.25, -0.2) is 0 Å². The second-order valence-corrected chi connectivity index (χ2v) is 4.11. The van der Waals surface area contributed by atoms with Crippen molar-refractivity contribution in [2.24, 2.45) is 0 Å². The first-order chi connectivity index (χ1) is 7.36. The van der Waals surface area contributed by atoms with E-state index in [9.17, 15) is 0 Å². The lowest BCUT2D eigenvalue weighted by atomic mass is 10.1. The lowest BCUT2D eigenvalue weighted by Gasteiger charge is -2.01. The van der Waals surface area contributed by atoms with E-state index in [2.05, 4.69) is 48.9 Å². The van der Waals surface area contributed by atoms with E-state index >= 15 is 0 Å². The SMILES string of the molecule is CCCc1cn(CCC)c2ccccc12. The lowest BCUT2D eigenvalue weighted by Crippen LogP contribution is -1.93. The van der Waals surface area contributed by atoms with Crippen LogP contribution in [0.2, 0.25) is 0 Å². The summed E-state index contributed by atoms with van der Waals surface area (Å²) in [4.78, 5) is 0. The minimum Gasteiger partial charge on any atom is -0.347 e. The first-order valence-electron chi connectivity index (χ1n) is 5.93. The number of fused-ring (bicyclic) bond motifs is 1. The van der Waals surface area contributed by atoms with Crippen molar-refractivity contribution in [2.75, 3.05) is 0 Å². The highest BCUT2D eigenvalue weighted by molar-refractivity contribution is 5.83. The van der Waals surface area contributed by atoms with Crippen LogP contribution < -0.4 is 0 Å². The summed E-state index contributed by atoms with van der Waals surface area (Å²) >= 11 is 0. The van der Waals surface area contributed by atoms with Crippen LogP contribution in [0.25, 0.3) is 10.9 Å². The van der Waals surface area contributed by atoms with E-state index in [1.54, 1.807) is 0 Å². The first-order valence-corrected chi connectivity index (χ1v) is 5.93. The number of aryl methyl sites for hydroxylation is 2. The van der Waals surface area contributed by atoms with E-state index in [1.807, 2.05) is 0 Å². The molecule has 0 N–H and O–H groups in total. The fourth-order valence-corrected chi connectivity index (χ4v) is 2.22. The summed E-state index contributed by atoms with van der Waals surface area (Å²) in [7, 11) is 0. The van der Waals surface area contributed by atoms with Gasteiger partial charge in [0.15, 0.2) is 0 Å².